The normalized spacial score (nSPS) is 18.9. The van der Waals surface area contributed by atoms with Gasteiger partial charge in [0, 0.05) is 16.2 Å². The van der Waals surface area contributed by atoms with Crippen molar-refractivity contribution in [1.29, 1.82) is 0 Å². The molecule has 0 spiro atoms. The minimum atomic E-state index is 0.0758. The molecule has 0 N–H and O–H groups in total. The Kier molecular flexibility index (Phi) is 2.99. The number of hydrogen-bond donors (Lipinski definition) is 0. The smallest absolute Gasteiger partial charge is 0.167 e. The van der Waals surface area contributed by atoms with Gasteiger partial charge in [-0.3, -0.25) is 0 Å². The average molecular weight is 308 g/mol. The third-order valence-corrected chi connectivity index (χ3v) is 4.33. The summed E-state index contributed by atoms with van der Waals surface area (Å²) in [4.78, 5) is 7.85. The zero-order valence-corrected chi connectivity index (χ0v) is 11.4. The maximum atomic E-state index is 5.35. The Morgan fingerprint density at radius 2 is 2.00 bits per heavy atom. The van der Waals surface area contributed by atoms with E-state index in [1.807, 2.05) is 6.07 Å². The molecule has 1 aromatic carbocycles. The predicted octanol–water partition coefficient (Wildman–Crippen LogP) is 4.58. The average Bonchev–Trinajstić information content (AvgIpc) is 2.98. The van der Waals surface area contributed by atoms with Gasteiger partial charge in [-0.1, -0.05) is 35.5 Å². The van der Waals surface area contributed by atoms with Gasteiger partial charge in [0.05, 0.1) is 0 Å². The van der Waals surface area contributed by atoms with Crippen LogP contribution in [0.5, 0.6) is 0 Å². The first-order valence-corrected chi connectivity index (χ1v) is 6.97. The highest BCUT2D eigenvalue weighted by Crippen LogP contribution is 2.37. The largest absolute Gasteiger partial charge is 0.386 e. The first-order valence-electron chi connectivity index (χ1n) is 5.36. The molecule has 0 fully saturated rings. The van der Waals surface area contributed by atoms with E-state index < -0.39 is 0 Å². The Hall–Kier alpha value is -1.13. The molecule has 0 aliphatic carbocycles. The van der Waals surface area contributed by atoms with Crippen LogP contribution < -0.4 is 0 Å². The molecular formula is C13H10BrNOS. The standard InChI is InChI=1S/C13H10BrNOS/c14-13-8-10(16-15-13)12-7-6-11(17-12)9-4-2-1-3-5-9/h1-7,10H,8H2. The van der Waals surface area contributed by atoms with E-state index in [4.69, 9.17) is 4.84 Å². The summed E-state index contributed by atoms with van der Waals surface area (Å²) in [6, 6.07) is 14.7. The number of halogens is 1. The van der Waals surface area contributed by atoms with Gasteiger partial charge < -0.3 is 4.84 Å². The fourth-order valence-electron chi connectivity index (χ4n) is 1.78. The van der Waals surface area contributed by atoms with Crippen LogP contribution in [0.3, 0.4) is 0 Å². The zero-order valence-electron chi connectivity index (χ0n) is 8.97. The Balaban J connectivity index is 1.84. The monoisotopic (exact) mass is 307 g/mol. The van der Waals surface area contributed by atoms with Crippen LogP contribution >= 0.6 is 27.3 Å². The summed E-state index contributed by atoms with van der Waals surface area (Å²) in [6.07, 6.45) is 0.904. The van der Waals surface area contributed by atoms with E-state index in [1.54, 1.807) is 11.3 Å². The fraction of sp³-hybridized carbons (Fsp3) is 0.154. The summed E-state index contributed by atoms with van der Waals surface area (Å²) in [7, 11) is 0. The number of rotatable bonds is 2. The van der Waals surface area contributed by atoms with Gasteiger partial charge in [-0.15, -0.1) is 11.3 Å². The summed E-state index contributed by atoms with van der Waals surface area (Å²) in [5, 5.41) is 3.92. The molecule has 0 amide bonds. The molecule has 0 radical (unpaired) electrons. The Bertz CT molecular complexity index is 550. The van der Waals surface area contributed by atoms with Gasteiger partial charge >= 0.3 is 0 Å². The van der Waals surface area contributed by atoms with Crippen molar-refractivity contribution in [3.63, 3.8) is 0 Å². The van der Waals surface area contributed by atoms with Crippen molar-refractivity contribution in [2.75, 3.05) is 0 Å². The van der Waals surface area contributed by atoms with Crippen LogP contribution in [0.4, 0.5) is 0 Å². The van der Waals surface area contributed by atoms with Crippen molar-refractivity contribution in [3.05, 3.63) is 47.3 Å². The molecule has 17 heavy (non-hydrogen) atoms. The highest BCUT2D eigenvalue weighted by Gasteiger charge is 2.22. The second-order valence-corrected chi connectivity index (χ2v) is 5.86. The van der Waals surface area contributed by atoms with Gasteiger partial charge in [0.1, 0.15) is 4.62 Å². The molecule has 2 nitrogen and oxygen atoms in total. The topological polar surface area (TPSA) is 21.6 Å². The van der Waals surface area contributed by atoms with Crippen molar-refractivity contribution in [1.82, 2.24) is 0 Å². The third-order valence-electron chi connectivity index (χ3n) is 2.64. The van der Waals surface area contributed by atoms with Crippen LogP contribution in [0.25, 0.3) is 10.4 Å². The highest BCUT2D eigenvalue weighted by atomic mass is 79.9. The fourth-order valence-corrected chi connectivity index (χ4v) is 3.20. The number of hydrogen-bond acceptors (Lipinski definition) is 3. The summed E-state index contributed by atoms with van der Waals surface area (Å²) in [5.74, 6) is 0. The van der Waals surface area contributed by atoms with E-state index in [2.05, 4.69) is 57.5 Å². The lowest BCUT2D eigenvalue weighted by Crippen LogP contribution is -1.92. The van der Waals surface area contributed by atoms with E-state index >= 15 is 0 Å². The Labute approximate surface area is 112 Å². The van der Waals surface area contributed by atoms with Crippen LogP contribution in [0.1, 0.15) is 17.4 Å². The first-order chi connectivity index (χ1) is 8.33. The van der Waals surface area contributed by atoms with Crippen molar-refractivity contribution in [3.8, 4) is 10.4 Å². The number of oxime groups is 1. The molecule has 1 aliphatic heterocycles. The molecule has 1 atom stereocenters. The molecule has 0 bridgehead atoms. The Morgan fingerprint density at radius 3 is 2.71 bits per heavy atom. The van der Waals surface area contributed by atoms with Crippen LogP contribution in [-0.2, 0) is 4.84 Å². The maximum absolute atomic E-state index is 5.35. The quantitative estimate of drug-likeness (QED) is 0.795. The molecule has 0 saturated carbocycles. The van der Waals surface area contributed by atoms with E-state index in [0.29, 0.717) is 0 Å². The van der Waals surface area contributed by atoms with Gasteiger partial charge in [0.2, 0.25) is 0 Å². The second-order valence-electron chi connectivity index (χ2n) is 3.83. The zero-order chi connectivity index (χ0) is 11.7. The SMILES string of the molecule is BrC1=NOC(c2ccc(-c3ccccc3)s2)C1. The van der Waals surface area contributed by atoms with Crippen molar-refractivity contribution < 1.29 is 4.84 Å². The van der Waals surface area contributed by atoms with Crippen LogP contribution in [-0.4, -0.2) is 4.62 Å². The van der Waals surface area contributed by atoms with E-state index in [1.165, 1.54) is 15.3 Å². The van der Waals surface area contributed by atoms with Crippen molar-refractivity contribution >= 4 is 31.9 Å². The first kappa shape index (κ1) is 11.0. The molecule has 4 heteroatoms. The molecule has 2 heterocycles. The van der Waals surface area contributed by atoms with Crippen LogP contribution in [0, 0.1) is 0 Å². The Morgan fingerprint density at radius 1 is 1.18 bits per heavy atom. The van der Waals surface area contributed by atoms with Crippen molar-refractivity contribution in [2.24, 2.45) is 5.16 Å². The minimum absolute atomic E-state index is 0.0758. The van der Waals surface area contributed by atoms with Gasteiger partial charge in [-0.2, -0.15) is 0 Å². The second kappa shape index (κ2) is 4.63. The van der Waals surface area contributed by atoms with E-state index in [0.717, 1.165) is 11.0 Å². The number of thiophene rings is 1. The molecule has 1 aliphatic rings. The van der Waals surface area contributed by atoms with Gasteiger partial charge in [0.25, 0.3) is 0 Å². The molecule has 0 saturated heterocycles. The summed E-state index contributed by atoms with van der Waals surface area (Å²) in [6.45, 7) is 0. The molecule has 1 unspecified atom stereocenters. The number of benzene rings is 1. The third kappa shape index (κ3) is 2.28. The maximum Gasteiger partial charge on any atom is 0.167 e. The summed E-state index contributed by atoms with van der Waals surface area (Å²) >= 11 is 5.12. The lowest BCUT2D eigenvalue weighted by molar-refractivity contribution is 0.0884. The molecule has 1 aromatic heterocycles. The van der Waals surface area contributed by atoms with E-state index in [-0.39, 0.29) is 6.10 Å². The number of nitrogens with zero attached hydrogens (tertiary/aromatic N) is 1. The van der Waals surface area contributed by atoms with Gasteiger partial charge in [-0.25, -0.2) is 0 Å². The van der Waals surface area contributed by atoms with Gasteiger partial charge in [0.15, 0.2) is 6.10 Å². The predicted molar refractivity (Wildman–Crippen MR) is 74.6 cm³/mol. The molecule has 3 rings (SSSR count). The van der Waals surface area contributed by atoms with E-state index in [9.17, 15) is 0 Å². The highest BCUT2D eigenvalue weighted by molar-refractivity contribution is 9.18. The lowest BCUT2D eigenvalue weighted by atomic mass is 10.2. The molecule has 86 valence electrons. The van der Waals surface area contributed by atoms with Crippen LogP contribution in [0.15, 0.2) is 47.6 Å². The van der Waals surface area contributed by atoms with Gasteiger partial charge in [-0.05, 0) is 33.6 Å². The lowest BCUT2D eigenvalue weighted by Gasteiger charge is -2.03. The van der Waals surface area contributed by atoms with Crippen molar-refractivity contribution in [2.45, 2.75) is 12.5 Å². The van der Waals surface area contributed by atoms with Crippen LogP contribution in [0.2, 0.25) is 0 Å². The molecular weight excluding hydrogens is 298 g/mol. The summed E-state index contributed by atoms with van der Waals surface area (Å²) in [5.41, 5.74) is 1.25. The minimum Gasteiger partial charge on any atom is -0.386 e. The molecule has 2 aromatic rings. The summed E-state index contributed by atoms with van der Waals surface area (Å²) < 4.78 is 0.886.